The van der Waals surface area contributed by atoms with Crippen molar-refractivity contribution in [3.63, 3.8) is 0 Å². The summed E-state index contributed by atoms with van der Waals surface area (Å²) in [5, 5.41) is 15.6. The van der Waals surface area contributed by atoms with Crippen molar-refractivity contribution in [2.24, 2.45) is 5.10 Å². The van der Waals surface area contributed by atoms with E-state index < -0.39 is 11.8 Å². The van der Waals surface area contributed by atoms with E-state index in [0.29, 0.717) is 19.4 Å². The lowest BCUT2D eigenvalue weighted by molar-refractivity contribution is -0.234. The van der Waals surface area contributed by atoms with Crippen LogP contribution < -0.4 is 0 Å². The largest absolute Gasteiger partial charge is 0.426 e. The van der Waals surface area contributed by atoms with Gasteiger partial charge in [0.05, 0.1) is 18.9 Å². The summed E-state index contributed by atoms with van der Waals surface area (Å²) in [6.07, 6.45) is -2.63. The van der Waals surface area contributed by atoms with Gasteiger partial charge in [0.1, 0.15) is 0 Å². The molecule has 2 rings (SSSR count). The van der Waals surface area contributed by atoms with Crippen LogP contribution in [0.3, 0.4) is 0 Å². The van der Waals surface area contributed by atoms with Crippen molar-refractivity contribution in [2.75, 3.05) is 20.3 Å². The Morgan fingerprint density at radius 2 is 2.05 bits per heavy atom. The molecule has 1 fully saturated rings. The van der Waals surface area contributed by atoms with Gasteiger partial charge < -0.3 is 9.84 Å². The molecule has 1 saturated heterocycles. The van der Waals surface area contributed by atoms with E-state index in [-0.39, 0.29) is 11.6 Å². The lowest BCUT2D eigenvalue weighted by Gasteiger charge is -2.28. The number of alkyl halides is 3. The van der Waals surface area contributed by atoms with Crippen molar-refractivity contribution in [1.82, 2.24) is 5.01 Å². The SMILES string of the molecule is COC[C@@H]1CCCN1/N=C/[C@@](O)(c1ccccc1)C(F)(F)F. The van der Waals surface area contributed by atoms with Gasteiger partial charge in [-0.05, 0) is 18.4 Å². The second-order valence-electron chi connectivity index (χ2n) is 5.29. The fourth-order valence-electron chi connectivity index (χ4n) is 2.50. The summed E-state index contributed by atoms with van der Waals surface area (Å²) in [5.41, 5.74) is -3.36. The van der Waals surface area contributed by atoms with E-state index in [4.69, 9.17) is 4.74 Å². The quantitative estimate of drug-likeness (QED) is 0.849. The highest BCUT2D eigenvalue weighted by Crippen LogP contribution is 2.37. The van der Waals surface area contributed by atoms with Crippen LogP contribution in [0.4, 0.5) is 13.2 Å². The topological polar surface area (TPSA) is 45.1 Å². The van der Waals surface area contributed by atoms with Gasteiger partial charge in [0.25, 0.3) is 0 Å². The molecule has 1 heterocycles. The van der Waals surface area contributed by atoms with Gasteiger partial charge in [-0.15, -0.1) is 0 Å². The minimum atomic E-state index is -4.85. The third kappa shape index (κ3) is 3.41. The van der Waals surface area contributed by atoms with Gasteiger partial charge in [-0.2, -0.15) is 18.3 Å². The van der Waals surface area contributed by atoms with Gasteiger partial charge in [-0.25, -0.2) is 0 Å². The Bertz CT molecular complexity index is 507. The average molecular weight is 316 g/mol. The molecule has 122 valence electrons. The molecule has 0 spiro atoms. The highest BCUT2D eigenvalue weighted by Gasteiger charge is 2.54. The zero-order chi connectivity index (χ0) is 16.2. The Labute approximate surface area is 127 Å². The zero-order valence-corrected chi connectivity index (χ0v) is 12.3. The van der Waals surface area contributed by atoms with Crippen LogP contribution >= 0.6 is 0 Å². The number of halogens is 3. The third-order valence-corrected chi connectivity index (χ3v) is 3.74. The molecule has 0 radical (unpaired) electrons. The van der Waals surface area contributed by atoms with Crippen LogP contribution in [0.25, 0.3) is 0 Å². The Morgan fingerprint density at radius 3 is 2.64 bits per heavy atom. The molecule has 0 aromatic heterocycles. The smallest absolute Gasteiger partial charge is 0.382 e. The van der Waals surface area contributed by atoms with Crippen molar-refractivity contribution in [3.8, 4) is 0 Å². The maximum Gasteiger partial charge on any atom is 0.426 e. The predicted molar refractivity (Wildman–Crippen MR) is 76.5 cm³/mol. The van der Waals surface area contributed by atoms with E-state index in [9.17, 15) is 18.3 Å². The number of rotatable bonds is 5. The van der Waals surface area contributed by atoms with Crippen LogP contribution in [0.1, 0.15) is 18.4 Å². The number of nitrogens with zero attached hydrogens (tertiary/aromatic N) is 2. The Balaban J connectivity index is 2.26. The molecule has 4 nitrogen and oxygen atoms in total. The maximum absolute atomic E-state index is 13.3. The van der Waals surface area contributed by atoms with E-state index in [1.165, 1.54) is 31.4 Å². The molecule has 0 saturated carbocycles. The summed E-state index contributed by atoms with van der Waals surface area (Å²) in [6.45, 7) is 0.945. The molecule has 0 aliphatic carbocycles. The first-order chi connectivity index (χ1) is 10.4. The molecule has 1 aliphatic rings. The summed E-state index contributed by atoms with van der Waals surface area (Å²) in [7, 11) is 1.54. The lowest BCUT2D eigenvalue weighted by Crippen LogP contribution is -2.44. The van der Waals surface area contributed by atoms with Crippen molar-refractivity contribution in [1.29, 1.82) is 0 Å². The van der Waals surface area contributed by atoms with E-state index in [0.717, 1.165) is 12.8 Å². The van der Waals surface area contributed by atoms with Crippen molar-refractivity contribution in [2.45, 2.75) is 30.7 Å². The molecule has 1 N–H and O–H groups in total. The second-order valence-corrected chi connectivity index (χ2v) is 5.29. The first kappa shape index (κ1) is 16.8. The monoisotopic (exact) mass is 316 g/mol. The van der Waals surface area contributed by atoms with E-state index in [2.05, 4.69) is 5.10 Å². The number of ether oxygens (including phenoxy) is 1. The zero-order valence-electron chi connectivity index (χ0n) is 12.3. The summed E-state index contributed by atoms with van der Waals surface area (Å²) >= 11 is 0. The van der Waals surface area contributed by atoms with Crippen molar-refractivity contribution < 1.29 is 23.0 Å². The average Bonchev–Trinajstić information content (AvgIpc) is 2.92. The number of aliphatic hydroxyl groups is 1. The van der Waals surface area contributed by atoms with E-state index >= 15 is 0 Å². The molecule has 22 heavy (non-hydrogen) atoms. The summed E-state index contributed by atoms with van der Waals surface area (Å²) < 4.78 is 45.0. The highest BCUT2D eigenvalue weighted by molar-refractivity contribution is 5.72. The van der Waals surface area contributed by atoms with Crippen LogP contribution in [0.2, 0.25) is 0 Å². The van der Waals surface area contributed by atoms with Crippen molar-refractivity contribution >= 4 is 6.21 Å². The Morgan fingerprint density at radius 1 is 1.36 bits per heavy atom. The van der Waals surface area contributed by atoms with Crippen LogP contribution in [0, 0.1) is 0 Å². The van der Waals surface area contributed by atoms with Crippen LogP contribution in [0.5, 0.6) is 0 Å². The number of hydrazone groups is 1. The van der Waals surface area contributed by atoms with E-state index in [1.54, 1.807) is 11.1 Å². The molecule has 0 bridgehead atoms. The molecule has 2 atom stereocenters. The third-order valence-electron chi connectivity index (χ3n) is 3.74. The maximum atomic E-state index is 13.3. The highest BCUT2D eigenvalue weighted by atomic mass is 19.4. The fraction of sp³-hybridized carbons (Fsp3) is 0.533. The number of benzene rings is 1. The molecule has 1 aromatic carbocycles. The molecule has 7 heteroatoms. The van der Waals surface area contributed by atoms with Gasteiger partial charge in [0.15, 0.2) is 0 Å². The summed E-state index contributed by atoms with van der Waals surface area (Å²) in [5.74, 6) is 0. The minimum Gasteiger partial charge on any atom is -0.382 e. The number of methoxy groups -OCH3 is 1. The first-order valence-electron chi connectivity index (χ1n) is 7.04. The molecular formula is C15H19F3N2O2. The molecular weight excluding hydrogens is 297 g/mol. The predicted octanol–water partition coefficient (Wildman–Crippen LogP) is 2.53. The van der Waals surface area contributed by atoms with Gasteiger partial charge >= 0.3 is 6.18 Å². The minimum absolute atomic E-state index is 0.0606. The molecule has 0 amide bonds. The van der Waals surface area contributed by atoms with Gasteiger partial charge in [0, 0.05) is 13.7 Å². The van der Waals surface area contributed by atoms with Gasteiger partial charge in [0.2, 0.25) is 5.60 Å². The second kappa shape index (κ2) is 6.66. The van der Waals surface area contributed by atoms with Crippen LogP contribution in [-0.4, -0.2) is 48.8 Å². The number of hydrogen-bond donors (Lipinski definition) is 1. The Hall–Kier alpha value is -1.60. The Kier molecular flexibility index (Phi) is 5.08. The standard InChI is InChI=1S/C15H19F3N2O2/c1-22-10-13-8-5-9-20(13)19-11-14(21,15(16,17)18)12-6-3-2-4-7-12/h2-4,6-7,11,13,21H,5,8-10H2,1H3/b19-11+/t13-,14+/m0/s1. The van der Waals surface area contributed by atoms with Crippen molar-refractivity contribution in [3.05, 3.63) is 35.9 Å². The summed E-state index contributed by atoms with van der Waals surface area (Å²) in [6, 6.07) is 6.89. The van der Waals surface area contributed by atoms with Crippen LogP contribution in [-0.2, 0) is 10.3 Å². The molecule has 1 aromatic rings. The van der Waals surface area contributed by atoms with Gasteiger partial charge in [-0.1, -0.05) is 30.3 Å². The van der Waals surface area contributed by atoms with Gasteiger partial charge in [-0.3, -0.25) is 5.01 Å². The van der Waals surface area contributed by atoms with Crippen LogP contribution in [0.15, 0.2) is 35.4 Å². The first-order valence-corrected chi connectivity index (χ1v) is 7.04. The molecule has 0 unspecified atom stereocenters. The number of hydrogen-bond acceptors (Lipinski definition) is 4. The fourth-order valence-corrected chi connectivity index (χ4v) is 2.50. The van der Waals surface area contributed by atoms with E-state index in [1.807, 2.05) is 0 Å². The lowest BCUT2D eigenvalue weighted by atomic mass is 9.94. The molecule has 1 aliphatic heterocycles. The normalized spacial score (nSPS) is 22.2. The summed E-state index contributed by atoms with van der Waals surface area (Å²) in [4.78, 5) is 0.